The number of aromatic amines is 1. The number of hydrogen-bond donors (Lipinski definition) is 1. The molecule has 0 spiro atoms. The van der Waals surface area contributed by atoms with E-state index in [1.165, 1.54) is 38.5 Å². The average molecular weight is 274 g/mol. The third-order valence-electron chi connectivity index (χ3n) is 5.63. The molecule has 4 fully saturated rings. The fourth-order valence-electron chi connectivity index (χ4n) is 5.38. The quantitative estimate of drug-likeness (QED) is 0.920. The van der Waals surface area contributed by atoms with E-state index in [0.717, 1.165) is 29.3 Å². The van der Waals surface area contributed by atoms with Gasteiger partial charge in [0.1, 0.15) is 5.82 Å². The molecule has 5 rings (SSSR count). The van der Waals surface area contributed by atoms with E-state index in [9.17, 15) is 4.79 Å². The lowest BCUT2D eigenvalue weighted by molar-refractivity contribution is -0.00974. The maximum absolute atomic E-state index is 11.9. The molecule has 0 saturated heterocycles. The van der Waals surface area contributed by atoms with Gasteiger partial charge in [-0.3, -0.25) is 4.79 Å². The molecule has 0 atom stereocenters. The molecule has 0 unspecified atom stereocenters. The smallest absolute Gasteiger partial charge is 0.251 e. The second kappa shape index (κ2) is 4.42. The molecule has 0 aliphatic heterocycles. The Morgan fingerprint density at radius 2 is 1.85 bits per heavy atom. The molecule has 4 nitrogen and oxygen atoms in total. The summed E-state index contributed by atoms with van der Waals surface area (Å²) in [5.74, 6) is 3.52. The maximum Gasteiger partial charge on any atom is 0.251 e. The molecule has 4 saturated carbocycles. The molecular formula is C16H22N2O2. The average Bonchev–Trinajstić information content (AvgIpc) is 2.36. The topological polar surface area (TPSA) is 55.0 Å². The molecule has 108 valence electrons. The van der Waals surface area contributed by atoms with Crippen molar-refractivity contribution in [2.45, 2.75) is 50.5 Å². The predicted octanol–water partition coefficient (Wildman–Crippen LogP) is 2.38. The molecule has 0 aromatic carbocycles. The van der Waals surface area contributed by atoms with Crippen molar-refractivity contribution in [2.24, 2.45) is 17.8 Å². The van der Waals surface area contributed by atoms with E-state index < -0.39 is 0 Å². The van der Waals surface area contributed by atoms with E-state index in [4.69, 9.17) is 9.72 Å². The summed E-state index contributed by atoms with van der Waals surface area (Å²) in [5.41, 5.74) is 0.886. The minimum Gasteiger partial charge on any atom is -0.378 e. The van der Waals surface area contributed by atoms with Crippen LogP contribution in [0.4, 0.5) is 0 Å². The fourth-order valence-corrected chi connectivity index (χ4v) is 5.38. The van der Waals surface area contributed by atoms with Gasteiger partial charge in [-0.15, -0.1) is 0 Å². The molecule has 4 heteroatoms. The molecule has 1 N–H and O–H groups in total. The van der Waals surface area contributed by atoms with Crippen LogP contribution in [-0.2, 0) is 16.8 Å². The normalized spacial score (nSPS) is 38.4. The number of nitrogens with one attached hydrogen (secondary N) is 1. The molecular weight excluding hydrogens is 252 g/mol. The Morgan fingerprint density at radius 1 is 1.25 bits per heavy atom. The molecule has 1 heterocycles. The van der Waals surface area contributed by atoms with Crippen molar-refractivity contribution in [3.05, 3.63) is 27.9 Å². The van der Waals surface area contributed by atoms with E-state index in [2.05, 4.69) is 4.98 Å². The zero-order valence-corrected chi connectivity index (χ0v) is 12.0. The summed E-state index contributed by atoms with van der Waals surface area (Å²) in [6, 6.07) is 1.56. The Kier molecular flexibility index (Phi) is 2.78. The third-order valence-corrected chi connectivity index (χ3v) is 5.63. The number of hydrogen-bond acceptors (Lipinski definition) is 3. The van der Waals surface area contributed by atoms with Gasteiger partial charge >= 0.3 is 0 Å². The zero-order valence-electron chi connectivity index (χ0n) is 12.0. The van der Waals surface area contributed by atoms with Crippen LogP contribution in [-0.4, -0.2) is 17.1 Å². The minimum absolute atomic E-state index is 0.0298. The van der Waals surface area contributed by atoms with Gasteiger partial charge in [0.15, 0.2) is 0 Å². The second-order valence-electron chi connectivity index (χ2n) is 7.22. The van der Waals surface area contributed by atoms with E-state index in [-0.39, 0.29) is 11.0 Å². The highest BCUT2D eigenvalue weighted by Gasteiger charge is 2.52. The number of H-pyrrole nitrogens is 1. The van der Waals surface area contributed by atoms with E-state index in [1.54, 1.807) is 13.2 Å². The highest BCUT2D eigenvalue weighted by Crippen LogP contribution is 2.59. The lowest BCUT2D eigenvalue weighted by Crippen LogP contribution is -2.49. The fraction of sp³-hybridized carbons (Fsp3) is 0.750. The molecule has 4 bridgehead atoms. The first kappa shape index (κ1) is 12.6. The summed E-state index contributed by atoms with van der Waals surface area (Å²) in [6.45, 7) is 0.420. The number of nitrogens with zero attached hydrogens (tertiary/aromatic N) is 1. The van der Waals surface area contributed by atoms with Crippen molar-refractivity contribution in [1.82, 2.24) is 9.97 Å². The van der Waals surface area contributed by atoms with Gasteiger partial charge in [-0.1, -0.05) is 0 Å². The summed E-state index contributed by atoms with van der Waals surface area (Å²) < 4.78 is 5.14. The van der Waals surface area contributed by atoms with Gasteiger partial charge < -0.3 is 9.72 Å². The van der Waals surface area contributed by atoms with Crippen molar-refractivity contribution in [3.8, 4) is 0 Å². The highest BCUT2D eigenvalue weighted by molar-refractivity contribution is 5.18. The monoisotopic (exact) mass is 274 g/mol. The van der Waals surface area contributed by atoms with Crippen molar-refractivity contribution in [2.75, 3.05) is 7.11 Å². The molecule has 0 amide bonds. The standard InChI is InChI=1S/C16H22N2O2/c1-20-9-13-5-14(19)18-15(17-13)16-6-10-2-11(7-16)4-12(3-10)8-16/h5,10-12H,2-4,6-9H2,1H3,(H,17,18,19). The van der Waals surface area contributed by atoms with Gasteiger partial charge in [-0.2, -0.15) is 0 Å². The first-order chi connectivity index (χ1) is 9.67. The molecule has 1 aromatic rings. The zero-order chi connectivity index (χ0) is 13.7. The van der Waals surface area contributed by atoms with Crippen molar-refractivity contribution in [3.63, 3.8) is 0 Å². The van der Waals surface area contributed by atoms with E-state index in [0.29, 0.717) is 6.61 Å². The van der Waals surface area contributed by atoms with Crippen molar-refractivity contribution < 1.29 is 4.74 Å². The Labute approximate surface area is 119 Å². The Bertz CT molecular complexity index is 543. The first-order valence-electron chi connectivity index (χ1n) is 7.76. The van der Waals surface area contributed by atoms with Gasteiger partial charge in [-0.05, 0) is 56.3 Å². The SMILES string of the molecule is COCc1cc(=O)[nH]c(C23CC4CC(CC(C4)C2)C3)n1. The Hall–Kier alpha value is -1.16. The highest BCUT2D eigenvalue weighted by atomic mass is 16.5. The molecule has 20 heavy (non-hydrogen) atoms. The second-order valence-corrected chi connectivity index (χ2v) is 7.22. The van der Waals surface area contributed by atoms with Gasteiger partial charge in [0.25, 0.3) is 5.56 Å². The van der Waals surface area contributed by atoms with Gasteiger partial charge in [0.05, 0.1) is 12.3 Å². The van der Waals surface area contributed by atoms with E-state index in [1.807, 2.05) is 0 Å². The molecule has 0 radical (unpaired) electrons. The summed E-state index contributed by atoms with van der Waals surface area (Å²) in [6.07, 6.45) is 7.87. The number of aromatic nitrogens is 2. The largest absolute Gasteiger partial charge is 0.378 e. The lowest BCUT2D eigenvalue weighted by atomic mass is 9.49. The van der Waals surface area contributed by atoms with Crippen LogP contribution in [0.25, 0.3) is 0 Å². The van der Waals surface area contributed by atoms with Gasteiger partial charge in [-0.25, -0.2) is 4.98 Å². The maximum atomic E-state index is 11.9. The predicted molar refractivity (Wildman–Crippen MR) is 75.4 cm³/mol. The minimum atomic E-state index is -0.0298. The number of ether oxygens (including phenoxy) is 1. The Morgan fingerprint density at radius 3 is 2.40 bits per heavy atom. The van der Waals surface area contributed by atoms with Crippen LogP contribution in [0.5, 0.6) is 0 Å². The van der Waals surface area contributed by atoms with Gasteiger partial charge in [0.2, 0.25) is 0 Å². The number of methoxy groups -OCH3 is 1. The number of rotatable bonds is 3. The molecule has 4 aliphatic carbocycles. The van der Waals surface area contributed by atoms with E-state index >= 15 is 0 Å². The van der Waals surface area contributed by atoms with Crippen LogP contribution < -0.4 is 5.56 Å². The van der Waals surface area contributed by atoms with Crippen LogP contribution in [0.3, 0.4) is 0 Å². The van der Waals surface area contributed by atoms with Crippen LogP contribution in [0.1, 0.15) is 50.0 Å². The van der Waals surface area contributed by atoms with Crippen LogP contribution in [0, 0.1) is 17.8 Å². The first-order valence-corrected chi connectivity index (χ1v) is 7.76. The molecule has 1 aromatic heterocycles. The van der Waals surface area contributed by atoms with Crippen LogP contribution in [0.15, 0.2) is 10.9 Å². The van der Waals surface area contributed by atoms with Crippen LogP contribution in [0.2, 0.25) is 0 Å². The van der Waals surface area contributed by atoms with Gasteiger partial charge in [0, 0.05) is 18.6 Å². The summed E-state index contributed by atoms with van der Waals surface area (Å²) in [7, 11) is 1.65. The summed E-state index contributed by atoms with van der Waals surface area (Å²) in [5, 5.41) is 0. The van der Waals surface area contributed by atoms with Crippen LogP contribution >= 0.6 is 0 Å². The van der Waals surface area contributed by atoms with Crippen molar-refractivity contribution >= 4 is 0 Å². The van der Waals surface area contributed by atoms with Crippen molar-refractivity contribution in [1.29, 1.82) is 0 Å². The third kappa shape index (κ3) is 1.93. The summed E-state index contributed by atoms with van der Waals surface area (Å²) in [4.78, 5) is 19.7. The summed E-state index contributed by atoms with van der Waals surface area (Å²) >= 11 is 0. The molecule has 4 aliphatic rings. The Balaban J connectivity index is 1.75. The lowest BCUT2D eigenvalue weighted by Gasteiger charge is -2.56.